The molecule has 0 aliphatic carbocycles. The van der Waals surface area contributed by atoms with Crippen molar-refractivity contribution in [3.8, 4) is 0 Å². The first-order valence-electron chi connectivity index (χ1n) is 9.14. The van der Waals surface area contributed by atoms with Crippen molar-refractivity contribution in [2.24, 2.45) is 4.99 Å². The number of aromatic nitrogens is 1. The van der Waals surface area contributed by atoms with Crippen molar-refractivity contribution in [3.63, 3.8) is 0 Å². The van der Waals surface area contributed by atoms with Gasteiger partial charge in [-0.2, -0.15) is 0 Å². The fourth-order valence-corrected chi connectivity index (χ4v) is 4.43. The Bertz CT molecular complexity index is 713. The number of halogens is 1. The minimum atomic E-state index is -2.89. The zero-order chi connectivity index (χ0) is 19.2. The van der Waals surface area contributed by atoms with E-state index in [0.29, 0.717) is 19.1 Å². The summed E-state index contributed by atoms with van der Waals surface area (Å²) in [7, 11) is -2.89. The van der Waals surface area contributed by atoms with Gasteiger partial charge in [0.25, 0.3) is 0 Å². The summed E-state index contributed by atoms with van der Waals surface area (Å²) in [5.41, 5.74) is 1.06. The number of aryl methyl sites for hydroxylation is 2. The van der Waals surface area contributed by atoms with Crippen molar-refractivity contribution < 1.29 is 8.42 Å². The summed E-state index contributed by atoms with van der Waals surface area (Å²) in [5, 5.41) is 7.91. The predicted octanol–water partition coefficient (Wildman–Crippen LogP) is 1.94. The largest absolute Gasteiger partial charge is 0.357 e. The van der Waals surface area contributed by atoms with E-state index in [-0.39, 0.29) is 29.7 Å². The van der Waals surface area contributed by atoms with E-state index >= 15 is 0 Å². The molecule has 0 amide bonds. The van der Waals surface area contributed by atoms with Crippen molar-refractivity contribution in [2.75, 3.05) is 38.2 Å². The van der Waals surface area contributed by atoms with Gasteiger partial charge in [-0.05, 0) is 33.6 Å². The standard InChI is InChI=1S/C17H31N5O2S2.HI/c1-5-18-17(19-12-16-13(2)20-14(3)25-16)21-15-6-8-22(9-7-15)10-11-26(4,23)24;/h15H,5-12H2,1-4H3,(H2,18,19,21);1H. The van der Waals surface area contributed by atoms with Crippen LogP contribution < -0.4 is 10.6 Å². The number of rotatable bonds is 7. The van der Waals surface area contributed by atoms with Gasteiger partial charge in [-0.25, -0.2) is 18.4 Å². The zero-order valence-corrected chi connectivity index (χ0v) is 20.6. The highest BCUT2D eigenvalue weighted by molar-refractivity contribution is 14.0. The number of likely N-dealkylation sites (tertiary alicyclic amines) is 1. The lowest BCUT2D eigenvalue weighted by molar-refractivity contribution is 0.216. The number of guanidine groups is 1. The van der Waals surface area contributed by atoms with E-state index in [0.717, 1.165) is 49.1 Å². The first-order chi connectivity index (χ1) is 12.3. The van der Waals surface area contributed by atoms with Gasteiger partial charge in [-0.1, -0.05) is 0 Å². The molecule has 1 aromatic rings. The molecule has 2 N–H and O–H groups in total. The van der Waals surface area contributed by atoms with Crippen LogP contribution in [0, 0.1) is 13.8 Å². The monoisotopic (exact) mass is 529 g/mol. The molecule has 1 aliphatic heterocycles. The molecular weight excluding hydrogens is 497 g/mol. The Labute approximate surface area is 184 Å². The third-order valence-electron chi connectivity index (χ3n) is 4.43. The minimum absolute atomic E-state index is 0. The molecule has 0 atom stereocenters. The molecule has 0 spiro atoms. The van der Waals surface area contributed by atoms with Gasteiger partial charge >= 0.3 is 0 Å². The Hall–Kier alpha value is -0.460. The van der Waals surface area contributed by atoms with Crippen LogP contribution in [0.5, 0.6) is 0 Å². The normalized spacial score (nSPS) is 16.8. The maximum atomic E-state index is 11.3. The zero-order valence-electron chi connectivity index (χ0n) is 16.6. The molecule has 2 rings (SSSR count). The Morgan fingerprint density at radius 3 is 2.52 bits per heavy atom. The number of aliphatic imine (C=N–C) groups is 1. The summed E-state index contributed by atoms with van der Waals surface area (Å²) in [6.07, 6.45) is 3.28. The van der Waals surface area contributed by atoms with Gasteiger partial charge in [0.05, 0.1) is 23.0 Å². The second kappa shape index (κ2) is 11.5. The Kier molecular flexibility index (Phi) is 10.5. The van der Waals surface area contributed by atoms with Crippen LogP contribution in [0.15, 0.2) is 4.99 Å². The van der Waals surface area contributed by atoms with E-state index in [9.17, 15) is 8.42 Å². The number of hydrogen-bond donors (Lipinski definition) is 2. The number of thiazole rings is 1. The second-order valence-electron chi connectivity index (χ2n) is 6.83. The molecule has 0 radical (unpaired) electrons. The Morgan fingerprint density at radius 2 is 2.00 bits per heavy atom. The van der Waals surface area contributed by atoms with Crippen molar-refractivity contribution >= 4 is 51.1 Å². The summed E-state index contributed by atoms with van der Waals surface area (Å²) in [6.45, 7) is 10.0. The summed E-state index contributed by atoms with van der Waals surface area (Å²) >= 11 is 1.70. The maximum absolute atomic E-state index is 11.3. The van der Waals surface area contributed by atoms with Crippen molar-refractivity contribution in [3.05, 3.63) is 15.6 Å². The summed E-state index contributed by atoms with van der Waals surface area (Å²) in [6, 6.07) is 0.367. The van der Waals surface area contributed by atoms with Gasteiger partial charge in [0, 0.05) is 43.4 Å². The highest BCUT2D eigenvalue weighted by Crippen LogP contribution is 2.18. The molecule has 0 saturated carbocycles. The first-order valence-corrected chi connectivity index (χ1v) is 12.0. The van der Waals surface area contributed by atoms with Gasteiger partial charge in [0.2, 0.25) is 0 Å². The SMILES string of the molecule is CCNC(=NCc1sc(C)nc1C)NC1CCN(CCS(C)(=O)=O)CC1.I. The van der Waals surface area contributed by atoms with Crippen LogP contribution in [-0.4, -0.2) is 68.5 Å². The fraction of sp³-hybridized carbons (Fsp3) is 0.765. The summed E-state index contributed by atoms with van der Waals surface area (Å²) in [5.74, 6) is 1.08. The van der Waals surface area contributed by atoms with Crippen LogP contribution in [0.2, 0.25) is 0 Å². The molecule has 0 unspecified atom stereocenters. The molecule has 1 aliphatic rings. The molecule has 7 nitrogen and oxygen atoms in total. The van der Waals surface area contributed by atoms with E-state index in [4.69, 9.17) is 4.99 Å². The first kappa shape index (κ1) is 24.6. The van der Waals surface area contributed by atoms with Crippen LogP contribution in [0.1, 0.15) is 35.3 Å². The summed E-state index contributed by atoms with van der Waals surface area (Å²) in [4.78, 5) is 12.6. The molecular formula is C17H32IN5O2S2. The van der Waals surface area contributed by atoms with Crippen LogP contribution in [-0.2, 0) is 16.4 Å². The van der Waals surface area contributed by atoms with Gasteiger partial charge in [0.15, 0.2) is 5.96 Å². The lowest BCUT2D eigenvalue weighted by atomic mass is 10.1. The van der Waals surface area contributed by atoms with Crippen molar-refractivity contribution in [1.82, 2.24) is 20.5 Å². The van der Waals surface area contributed by atoms with E-state index in [1.807, 2.05) is 13.8 Å². The maximum Gasteiger partial charge on any atom is 0.191 e. The lowest BCUT2D eigenvalue weighted by Crippen LogP contribution is -2.49. The summed E-state index contributed by atoms with van der Waals surface area (Å²) < 4.78 is 22.6. The number of nitrogens with zero attached hydrogens (tertiary/aromatic N) is 3. The molecule has 1 aromatic heterocycles. The number of piperidine rings is 1. The Morgan fingerprint density at radius 1 is 1.33 bits per heavy atom. The van der Waals surface area contributed by atoms with Gasteiger partial charge in [-0.3, -0.25) is 0 Å². The van der Waals surface area contributed by atoms with Crippen LogP contribution in [0.4, 0.5) is 0 Å². The lowest BCUT2D eigenvalue weighted by Gasteiger charge is -2.32. The average Bonchev–Trinajstić information content (AvgIpc) is 2.89. The molecule has 1 fully saturated rings. The number of sulfone groups is 1. The average molecular weight is 530 g/mol. The van der Waals surface area contributed by atoms with E-state index in [1.165, 1.54) is 11.1 Å². The smallest absolute Gasteiger partial charge is 0.191 e. The molecule has 0 aromatic carbocycles. The van der Waals surface area contributed by atoms with Crippen molar-refractivity contribution in [1.29, 1.82) is 0 Å². The molecule has 27 heavy (non-hydrogen) atoms. The van der Waals surface area contributed by atoms with Crippen LogP contribution in [0.25, 0.3) is 0 Å². The third kappa shape index (κ3) is 9.05. The molecule has 0 bridgehead atoms. The highest BCUT2D eigenvalue weighted by Gasteiger charge is 2.20. The highest BCUT2D eigenvalue weighted by atomic mass is 127. The van der Waals surface area contributed by atoms with Crippen molar-refractivity contribution in [2.45, 2.75) is 46.2 Å². The van der Waals surface area contributed by atoms with Crippen LogP contribution >= 0.6 is 35.3 Å². The van der Waals surface area contributed by atoms with Gasteiger partial charge in [0.1, 0.15) is 9.84 Å². The van der Waals surface area contributed by atoms with E-state index in [1.54, 1.807) is 11.3 Å². The molecule has 1 saturated heterocycles. The second-order valence-corrected chi connectivity index (χ2v) is 10.4. The number of hydrogen-bond acceptors (Lipinski definition) is 6. The van der Waals surface area contributed by atoms with Crippen LogP contribution in [0.3, 0.4) is 0 Å². The molecule has 156 valence electrons. The molecule has 10 heteroatoms. The molecule has 2 heterocycles. The minimum Gasteiger partial charge on any atom is -0.357 e. The van der Waals surface area contributed by atoms with Gasteiger partial charge in [-0.15, -0.1) is 35.3 Å². The quantitative estimate of drug-likeness (QED) is 0.319. The topological polar surface area (TPSA) is 86.7 Å². The number of nitrogens with one attached hydrogen (secondary N) is 2. The third-order valence-corrected chi connectivity index (χ3v) is 6.41. The Balaban J connectivity index is 0.00000364. The van der Waals surface area contributed by atoms with E-state index < -0.39 is 9.84 Å². The predicted molar refractivity (Wildman–Crippen MR) is 124 cm³/mol. The van der Waals surface area contributed by atoms with Gasteiger partial charge < -0.3 is 15.5 Å². The van der Waals surface area contributed by atoms with E-state index in [2.05, 4.69) is 27.4 Å². The fourth-order valence-electron chi connectivity index (χ4n) is 2.98.